The van der Waals surface area contributed by atoms with Crippen molar-refractivity contribution >= 4 is 46.7 Å². The lowest BCUT2D eigenvalue weighted by atomic mass is 9.86. The highest BCUT2D eigenvalue weighted by Gasteiger charge is 2.64. The number of imide groups is 1. The Hall–Kier alpha value is -5.12. The number of ketones is 1. The van der Waals surface area contributed by atoms with Crippen LogP contribution in [0.1, 0.15) is 46.0 Å². The molecule has 2 amide bonds. The predicted octanol–water partition coefficient (Wildman–Crippen LogP) is 4.82. The number of ether oxygens (including phenoxy) is 1. The fraction of sp³-hybridized carbons (Fsp3) is 0.250. The van der Waals surface area contributed by atoms with E-state index in [2.05, 4.69) is 0 Å². The molecule has 10 heteroatoms. The molecule has 0 N–H and O–H groups in total. The van der Waals surface area contributed by atoms with E-state index in [1.807, 2.05) is 48.2 Å². The summed E-state index contributed by atoms with van der Waals surface area (Å²) >= 11 is 0. The van der Waals surface area contributed by atoms with Gasteiger partial charge in [-0.25, -0.2) is 9.69 Å². The van der Waals surface area contributed by atoms with Gasteiger partial charge in [-0.1, -0.05) is 55.8 Å². The first-order valence-corrected chi connectivity index (χ1v) is 13.8. The number of amides is 2. The lowest BCUT2D eigenvalue weighted by Crippen LogP contribution is -2.48. The molecule has 0 aromatic heterocycles. The van der Waals surface area contributed by atoms with Gasteiger partial charge in [0.2, 0.25) is 11.8 Å². The number of fused-ring (bicyclic) bond motifs is 5. The first-order chi connectivity index (χ1) is 20.3. The Bertz CT molecular complexity index is 1650. The summed E-state index contributed by atoms with van der Waals surface area (Å²) < 4.78 is 5.25. The third kappa shape index (κ3) is 4.36. The zero-order valence-electron chi connectivity index (χ0n) is 22.7. The number of hydrogen-bond acceptors (Lipinski definition) is 8. The molecule has 42 heavy (non-hydrogen) atoms. The Balaban J connectivity index is 1.37. The maximum atomic E-state index is 14.1. The van der Waals surface area contributed by atoms with Crippen LogP contribution in [-0.2, 0) is 14.3 Å². The summed E-state index contributed by atoms with van der Waals surface area (Å²) in [5, 5.41) is 11.4. The van der Waals surface area contributed by atoms with E-state index < -0.39 is 52.4 Å². The molecule has 212 valence electrons. The molecule has 3 aromatic rings. The van der Waals surface area contributed by atoms with Crippen molar-refractivity contribution in [3.63, 3.8) is 0 Å². The van der Waals surface area contributed by atoms with Gasteiger partial charge >= 0.3 is 5.97 Å². The predicted molar refractivity (Wildman–Crippen MR) is 154 cm³/mol. The molecular weight excluding hydrogens is 538 g/mol. The van der Waals surface area contributed by atoms with E-state index in [0.29, 0.717) is 17.9 Å². The largest absolute Gasteiger partial charge is 0.462 e. The number of nitro groups is 1. The molecule has 3 heterocycles. The van der Waals surface area contributed by atoms with E-state index in [9.17, 15) is 29.3 Å². The molecule has 4 atom stereocenters. The molecule has 0 bridgehead atoms. The van der Waals surface area contributed by atoms with Crippen molar-refractivity contribution in [2.75, 3.05) is 16.4 Å². The van der Waals surface area contributed by atoms with E-state index in [1.54, 1.807) is 0 Å². The molecule has 6 rings (SSSR count). The zero-order valence-corrected chi connectivity index (χ0v) is 22.7. The number of benzene rings is 3. The number of carbonyl (C=O) groups is 4. The summed E-state index contributed by atoms with van der Waals surface area (Å²) in [7, 11) is 0. The Morgan fingerprint density at radius 1 is 0.929 bits per heavy atom. The maximum Gasteiger partial charge on any atom is 0.338 e. The lowest BCUT2D eigenvalue weighted by molar-refractivity contribution is -0.384. The summed E-state index contributed by atoms with van der Waals surface area (Å²) in [6.45, 7) is 2.29. The molecular formula is C32H27N3O7. The molecule has 0 unspecified atom stereocenters. The van der Waals surface area contributed by atoms with Gasteiger partial charge in [0.05, 0.1) is 40.7 Å². The van der Waals surface area contributed by atoms with Gasteiger partial charge in [-0.3, -0.25) is 24.5 Å². The minimum Gasteiger partial charge on any atom is -0.462 e. The van der Waals surface area contributed by atoms with E-state index in [0.717, 1.165) is 23.3 Å². The molecule has 3 aromatic carbocycles. The van der Waals surface area contributed by atoms with Crippen molar-refractivity contribution in [3.8, 4) is 0 Å². The number of esters is 1. The first kappa shape index (κ1) is 27.1. The number of nitrogens with zero attached hydrogens (tertiary/aromatic N) is 3. The van der Waals surface area contributed by atoms with Crippen LogP contribution >= 0.6 is 0 Å². The number of Topliss-reactive ketones (excluding diaryl/α,β-unsaturated/α-hetero) is 1. The third-order valence-electron chi connectivity index (χ3n) is 8.12. The van der Waals surface area contributed by atoms with Crippen LogP contribution in [0.3, 0.4) is 0 Å². The number of rotatable bonds is 8. The molecule has 3 aliphatic heterocycles. The standard InChI is InChI=1S/C32H27N3O7/c1-2-3-17-42-32(39)20-11-14-22(15-12-20)33-30(37)26-25-16-13-19-7-4-5-10-24(19)34(25)28(27(26)31(33)38)29(36)21-8-6-9-23(18-21)35(40)41/h4-16,18,25-28H,2-3,17H2,1H3/t25-,26-,27-,28+/m0/s1. The SMILES string of the molecule is CCCCOC(=O)c1ccc(N2C(=O)[C@@H]3[C@H](C2=O)[C@H](C(=O)c2cccc([N+](=O)[O-])c2)N2c4ccccc4C=C[C@@H]32)cc1. The third-order valence-corrected chi connectivity index (χ3v) is 8.12. The van der Waals surface area contributed by atoms with Crippen LogP contribution < -0.4 is 9.80 Å². The van der Waals surface area contributed by atoms with Crippen molar-refractivity contribution in [3.05, 3.63) is 106 Å². The summed E-state index contributed by atoms with van der Waals surface area (Å²) in [5.41, 5.74) is 1.98. The Morgan fingerprint density at radius 3 is 2.40 bits per heavy atom. The second-order valence-electron chi connectivity index (χ2n) is 10.5. The van der Waals surface area contributed by atoms with Gasteiger partial charge in [0.1, 0.15) is 6.04 Å². The van der Waals surface area contributed by atoms with E-state index in [4.69, 9.17) is 4.74 Å². The van der Waals surface area contributed by atoms with Crippen LogP contribution in [0.5, 0.6) is 0 Å². The Kier molecular flexibility index (Phi) is 6.89. The zero-order chi connectivity index (χ0) is 29.5. The average molecular weight is 566 g/mol. The van der Waals surface area contributed by atoms with E-state index >= 15 is 0 Å². The van der Waals surface area contributed by atoms with Crippen LogP contribution in [0.4, 0.5) is 17.1 Å². The molecule has 0 spiro atoms. The van der Waals surface area contributed by atoms with Gasteiger partial charge in [0.15, 0.2) is 5.78 Å². The highest BCUT2D eigenvalue weighted by atomic mass is 16.6. The van der Waals surface area contributed by atoms with E-state index in [1.165, 1.54) is 48.5 Å². The number of nitro benzene ring substituents is 1. The van der Waals surface area contributed by atoms with Crippen LogP contribution in [0.2, 0.25) is 0 Å². The number of non-ortho nitro benzene ring substituents is 1. The van der Waals surface area contributed by atoms with Crippen molar-refractivity contribution in [1.82, 2.24) is 0 Å². The van der Waals surface area contributed by atoms with Crippen molar-refractivity contribution in [1.29, 1.82) is 0 Å². The second kappa shape index (κ2) is 10.7. The average Bonchev–Trinajstić information content (AvgIpc) is 3.49. The van der Waals surface area contributed by atoms with Gasteiger partial charge in [0, 0.05) is 23.4 Å². The number of para-hydroxylation sites is 1. The second-order valence-corrected chi connectivity index (χ2v) is 10.5. The Labute approximate surface area is 241 Å². The van der Waals surface area contributed by atoms with Gasteiger partial charge in [-0.2, -0.15) is 0 Å². The lowest BCUT2D eigenvalue weighted by Gasteiger charge is -2.36. The maximum absolute atomic E-state index is 14.1. The minimum absolute atomic E-state index is 0.0882. The summed E-state index contributed by atoms with van der Waals surface area (Å²) in [6.07, 6.45) is 5.35. The van der Waals surface area contributed by atoms with Crippen LogP contribution in [0.15, 0.2) is 78.9 Å². The van der Waals surface area contributed by atoms with Gasteiger partial charge < -0.3 is 9.64 Å². The highest BCUT2D eigenvalue weighted by Crippen LogP contribution is 2.49. The summed E-state index contributed by atoms with van der Waals surface area (Å²) in [4.78, 5) is 68.3. The number of unbranched alkanes of at least 4 members (excludes halogenated alkanes) is 1. The van der Waals surface area contributed by atoms with Crippen molar-refractivity contribution in [2.24, 2.45) is 11.8 Å². The molecule has 0 aliphatic carbocycles. The number of hydrogen-bond donors (Lipinski definition) is 0. The van der Waals surface area contributed by atoms with Crippen LogP contribution in [-0.4, -0.2) is 47.2 Å². The molecule has 2 fully saturated rings. The van der Waals surface area contributed by atoms with Crippen LogP contribution in [0.25, 0.3) is 6.08 Å². The van der Waals surface area contributed by atoms with Gasteiger partial charge in [0.25, 0.3) is 5.69 Å². The molecule has 3 aliphatic rings. The van der Waals surface area contributed by atoms with Crippen molar-refractivity contribution < 1.29 is 28.8 Å². The molecule has 2 saturated heterocycles. The molecule has 0 saturated carbocycles. The number of carbonyl (C=O) groups excluding carboxylic acids is 4. The highest BCUT2D eigenvalue weighted by molar-refractivity contribution is 6.25. The van der Waals surface area contributed by atoms with Gasteiger partial charge in [-0.15, -0.1) is 0 Å². The summed E-state index contributed by atoms with van der Waals surface area (Å²) in [5.74, 6) is -3.83. The monoisotopic (exact) mass is 565 g/mol. The number of anilines is 2. The minimum atomic E-state index is -1.07. The smallest absolute Gasteiger partial charge is 0.338 e. The van der Waals surface area contributed by atoms with E-state index in [-0.39, 0.29) is 16.9 Å². The van der Waals surface area contributed by atoms with Gasteiger partial charge in [-0.05, 0) is 42.3 Å². The van der Waals surface area contributed by atoms with Crippen LogP contribution in [0, 0.1) is 22.0 Å². The normalized spacial score (nSPS) is 22.0. The quantitative estimate of drug-likeness (QED) is 0.0950. The first-order valence-electron chi connectivity index (χ1n) is 13.8. The Morgan fingerprint density at radius 2 is 1.67 bits per heavy atom. The summed E-state index contributed by atoms with van der Waals surface area (Å²) in [6, 6.07) is 17.2. The topological polar surface area (TPSA) is 127 Å². The fourth-order valence-corrected chi connectivity index (χ4v) is 6.15. The fourth-order valence-electron chi connectivity index (χ4n) is 6.15. The molecule has 10 nitrogen and oxygen atoms in total. The van der Waals surface area contributed by atoms with Crippen molar-refractivity contribution in [2.45, 2.75) is 31.8 Å². The molecule has 0 radical (unpaired) electrons.